The van der Waals surface area contributed by atoms with Crippen molar-refractivity contribution in [2.24, 2.45) is 0 Å². The Kier molecular flexibility index (Phi) is 4.75. The molecule has 0 saturated carbocycles. The van der Waals surface area contributed by atoms with Crippen molar-refractivity contribution in [3.05, 3.63) is 34.9 Å². The third kappa shape index (κ3) is 4.00. The molecule has 0 radical (unpaired) electrons. The smallest absolute Gasteiger partial charge is 0.0607 e. The fourth-order valence-electron chi connectivity index (χ4n) is 1.62. The molecule has 0 unspecified atom stereocenters. The Labute approximate surface area is 90.8 Å². The van der Waals surface area contributed by atoms with Gasteiger partial charge in [-0.25, -0.2) is 0 Å². The number of hydrogen-bond acceptors (Lipinski definition) is 3. The predicted molar refractivity (Wildman–Crippen MR) is 60.7 cm³/mol. The lowest BCUT2D eigenvalue weighted by Gasteiger charge is -2.13. The average Bonchev–Trinajstić information content (AvgIpc) is 2.18. The van der Waals surface area contributed by atoms with Crippen LogP contribution in [0.5, 0.6) is 0 Å². The number of nitrogens with one attached hydrogen (secondary N) is 1. The van der Waals surface area contributed by atoms with Gasteiger partial charge in [0.2, 0.25) is 0 Å². The molecule has 0 atom stereocenters. The van der Waals surface area contributed by atoms with E-state index in [0.717, 1.165) is 0 Å². The summed E-state index contributed by atoms with van der Waals surface area (Å²) in [6.07, 6.45) is 0. The molecule has 0 spiro atoms. The van der Waals surface area contributed by atoms with Gasteiger partial charge in [0.05, 0.1) is 19.3 Å². The van der Waals surface area contributed by atoms with E-state index >= 15 is 0 Å². The first-order valence-corrected chi connectivity index (χ1v) is 5.18. The number of aliphatic hydroxyl groups excluding tert-OH is 2. The molecular weight excluding hydrogens is 190 g/mol. The summed E-state index contributed by atoms with van der Waals surface area (Å²) in [5.74, 6) is 0. The fraction of sp³-hybridized carbons (Fsp3) is 0.500. The molecule has 0 aromatic heterocycles. The topological polar surface area (TPSA) is 52.5 Å². The minimum atomic E-state index is -0.231. The highest BCUT2D eigenvalue weighted by Crippen LogP contribution is 2.08. The van der Waals surface area contributed by atoms with E-state index in [9.17, 15) is 0 Å². The molecule has 3 nitrogen and oxygen atoms in total. The van der Waals surface area contributed by atoms with Crippen molar-refractivity contribution in [3.8, 4) is 0 Å². The van der Waals surface area contributed by atoms with E-state index in [0.29, 0.717) is 6.54 Å². The molecule has 0 fully saturated rings. The molecule has 0 saturated heterocycles. The standard InChI is InChI=1S/C12H19NO2/c1-9-3-10(2)5-11(4-9)6-13-12(7-14)8-15/h3-5,12-15H,6-8H2,1-2H3. The summed E-state index contributed by atoms with van der Waals surface area (Å²) in [6, 6.07) is 6.10. The van der Waals surface area contributed by atoms with Gasteiger partial charge < -0.3 is 15.5 Å². The van der Waals surface area contributed by atoms with Crippen LogP contribution in [0.15, 0.2) is 18.2 Å². The van der Waals surface area contributed by atoms with E-state index < -0.39 is 0 Å². The lowest BCUT2D eigenvalue weighted by atomic mass is 10.1. The van der Waals surface area contributed by atoms with Crippen LogP contribution in [-0.2, 0) is 6.54 Å². The molecule has 1 aromatic rings. The van der Waals surface area contributed by atoms with Gasteiger partial charge in [0, 0.05) is 6.54 Å². The predicted octanol–water partition coefficient (Wildman–Crippen LogP) is 0.746. The van der Waals surface area contributed by atoms with E-state index in [1.54, 1.807) is 0 Å². The van der Waals surface area contributed by atoms with Crippen LogP contribution >= 0.6 is 0 Å². The van der Waals surface area contributed by atoms with Gasteiger partial charge in [0.25, 0.3) is 0 Å². The zero-order chi connectivity index (χ0) is 11.3. The van der Waals surface area contributed by atoms with Crippen molar-refractivity contribution in [1.29, 1.82) is 0 Å². The maximum absolute atomic E-state index is 8.89. The van der Waals surface area contributed by atoms with Gasteiger partial charge in [-0.05, 0) is 19.4 Å². The summed E-state index contributed by atoms with van der Waals surface area (Å²) in [5.41, 5.74) is 3.65. The number of aliphatic hydroxyl groups is 2. The molecule has 3 heteroatoms. The summed E-state index contributed by atoms with van der Waals surface area (Å²) in [6.45, 7) is 4.72. The van der Waals surface area contributed by atoms with Gasteiger partial charge in [-0.2, -0.15) is 0 Å². The lowest BCUT2D eigenvalue weighted by Crippen LogP contribution is -2.35. The zero-order valence-electron chi connectivity index (χ0n) is 9.33. The van der Waals surface area contributed by atoms with Crippen LogP contribution in [0.4, 0.5) is 0 Å². The van der Waals surface area contributed by atoms with Gasteiger partial charge in [0.15, 0.2) is 0 Å². The van der Waals surface area contributed by atoms with E-state index in [4.69, 9.17) is 10.2 Å². The van der Waals surface area contributed by atoms with Gasteiger partial charge >= 0.3 is 0 Å². The highest BCUT2D eigenvalue weighted by Gasteiger charge is 2.04. The number of hydrogen-bond donors (Lipinski definition) is 3. The monoisotopic (exact) mass is 209 g/mol. The first-order valence-electron chi connectivity index (χ1n) is 5.18. The van der Waals surface area contributed by atoms with E-state index in [2.05, 4.69) is 37.4 Å². The first kappa shape index (κ1) is 12.2. The maximum Gasteiger partial charge on any atom is 0.0607 e. The SMILES string of the molecule is Cc1cc(C)cc(CNC(CO)CO)c1. The fourth-order valence-corrected chi connectivity index (χ4v) is 1.62. The van der Waals surface area contributed by atoms with Gasteiger partial charge in [-0.1, -0.05) is 29.3 Å². The minimum absolute atomic E-state index is 0.0404. The van der Waals surface area contributed by atoms with Crippen LogP contribution in [0.3, 0.4) is 0 Å². The Balaban J connectivity index is 2.57. The Bertz CT molecular complexity index is 288. The van der Waals surface area contributed by atoms with Crippen LogP contribution in [-0.4, -0.2) is 29.5 Å². The molecule has 0 heterocycles. The molecular formula is C12H19NO2. The second-order valence-electron chi connectivity index (χ2n) is 3.94. The van der Waals surface area contributed by atoms with Crippen molar-refractivity contribution in [3.63, 3.8) is 0 Å². The van der Waals surface area contributed by atoms with E-state index in [1.165, 1.54) is 16.7 Å². The van der Waals surface area contributed by atoms with E-state index in [-0.39, 0.29) is 19.3 Å². The van der Waals surface area contributed by atoms with Gasteiger partial charge in [-0.15, -0.1) is 0 Å². The van der Waals surface area contributed by atoms with Crippen molar-refractivity contribution in [2.45, 2.75) is 26.4 Å². The summed E-state index contributed by atoms with van der Waals surface area (Å²) in [7, 11) is 0. The lowest BCUT2D eigenvalue weighted by molar-refractivity contribution is 0.170. The normalized spacial score (nSPS) is 11.0. The van der Waals surface area contributed by atoms with Crippen molar-refractivity contribution >= 4 is 0 Å². The average molecular weight is 209 g/mol. The molecule has 0 bridgehead atoms. The van der Waals surface area contributed by atoms with Crippen molar-refractivity contribution in [1.82, 2.24) is 5.32 Å². The molecule has 1 rings (SSSR count). The molecule has 0 aliphatic heterocycles. The summed E-state index contributed by atoms with van der Waals surface area (Å²) in [5, 5.41) is 20.9. The van der Waals surface area contributed by atoms with Crippen LogP contribution < -0.4 is 5.32 Å². The van der Waals surface area contributed by atoms with Crippen LogP contribution in [0.2, 0.25) is 0 Å². The number of aryl methyl sites for hydroxylation is 2. The van der Waals surface area contributed by atoms with Crippen molar-refractivity contribution in [2.75, 3.05) is 13.2 Å². The zero-order valence-corrected chi connectivity index (χ0v) is 9.33. The molecule has 3 N–H and O–H groups in total. The maximum atomic E-state index is 8.89. The third-order valence-corrected chi connectivity index (χ3v) is 2.32. The molecule has 0 aliphatic carbocycles. The molecule has 0 amide bonds. The Morgan fingerprint density at radius 1 is 1.07 bits per heavy atom. The largest absolute Gasteiger partial charge is 0.395 e. The van der Waals surface area contributed by atoms with Crippen LogP contribution in [0.1, 0.15) is 16.7 Å². The molecule has 84 valence electrons. The quantitative estimate of drug-likeness (QED) is 0.670. The summed E-state index contributed by atoms with van der Waals surface area (Å²) < 4.78 is 0. The Hall–Kier alpha value is -0.900. The first-order chi connectivity index (χ1) is 7.15. The Morgan fingerprint density at radius 2 is 1.60 bits per heavy atom. The number of benzene rings is 1. The van der Waals surface area contributed by atoms with Crippen LogP contribution in [0, 0.1) is 13.8 Å². The van der Waals surface area contributed by atoms with Crippen LogP contribution in [0.25, 0.3) is 0 Å². The number of rotatable bonds is 5. The molecule has 1 aromatic carbocycles. The summed E-state index contributed by atoms with van der Waals surface area (Å²) in [4.78, 5) is 0. The summed E-state index contributed by atoms with van der Waals surface area (Å²) >= 11 is 0. The highest BCUT2D eigenvalue weighted by atomic mass is 16.3. The minimum Gasteiger partial charge on any atom is -0.395 e. The third-order valence-electron chi connectivity index (χ3n) is 2.32. The van der Waals surface area contributed by atoms with Crippen molar-refractivity contribution < 1.29 is 10.2 Å². The highest BCUT2D eigenvalue weighted by molar-refractivity contribution is 5.28. The second-order valence-corrected chi connectivity index (χ2v) is 3.94. The second kappa shape index (κ2) is 5.85. The van der Waals surface area contributed by atoms with E-state index in [1.807, 2.05) is 0 Å². The van der Waals surface area contributed by atoms with Gasteiger partial charge in [-0.3, -0.25) is 0 Å². The molecule has 15 heavy (non-hydrogen) atoms. The molecule has 0 aliphatic rings. The Morgan fingerprint density at radius 3 is 2.07 bits per heavy atom. The van der Waals surface area contributed by atoms with Gasteiger partial charge in [0.1, 0.15) is 0 Å².